The molecule has 0 aliphatic heterocycles. The van der Waals surface area contributed by atoms with Gasteiger partial charge >= 0.3 is 6.03 Å². The number of aromatic nitrogens is 1. The van der Waals surface area contributed by atoms with Crippen LogP contribution in [0.25, 0.3) is 0 Å². The molecule has 0 aliphatic carbocycles. The Morgan fingerprint density at radius 1 is 1.64 bits per heavy atom. The van der Waals surface area contributed by atoms with Gasteiger partial charge in [-0.25, -0.2) is 4.79 Å². The Kier molecular flexibility index (Phi) is 3.91. The predicted octanol–water partition coefficient (Wildman–Crippen LogP) is 1.24. The Morgan fingerprint density at radius 3 is 3.00 bits per heavy atom. The Labute approximate surface area is 83.9 Å². The fourth-order valence-electron chi connectivity index (χ4n) is 0.959. The normalized spacial score (nSPS) is 9.57. The van der Waals surface area contributed by atoms with Gasteiger partial charge in [-0.1, -0.05) is 6.07 Å². The van der Waals surface area contributed by atoms with Crippen LogP contribution in [0.15, 0.2) is 24.5 Å². The molecule has 0 saturated heterocycles. The zero-order valence-electron chi connectivity index (χ0n) is 8.53. The molecule has 2 amide bonds. The standard InChI is InChI=1S/C10H15N3O/c1-3-13(2)10(14)12-8-9-5-4-6-11-7-9/h4-7H,3,8H2,1-2H3,(H,12,14). The Bertz CT molecular complexity index is 287. The molecule has 4 nitrogen and oxygen atoms in total. The summed E-state index contributed by atoms with van der Waals surface area (Å²) in [5, 5.41) is 2.80. The minimum atomic E-state index is -0.0589. The molecule has 1 aromatic heterocycles. The van der Waals surface area contributed by atoms with E-state index in [1.807, 2.05) is 19.1 Å². The van der Waals surface area contributed by atoms with E-state index in [2.05, 4.69) is 10.3 Å². The number of nitrogens with one attached hydrogen (secondary N) is 1. The number of urea groups is 1. The Morgan fingerprint density at radius 2 is 2.43 bits per heavy atom. The van der Waals surface area contributed by atoms with E-state index in [1.54, 1.807) is 24.3 Å². The minimum Gasteiger partial charge on any atom is -0.334 e. The van der Waals surface area contributed by atoms with Crippen LogP contribution in [0.3, 0.4) is 0 Å². The topological polar surface area (TPSA) is 45.2 Å². The van der Waals surface area contributed by atoms with Crippen LogP contribution in [0, 0.1) is 0 Å². The van der Waals surface area contributed by atoms with Crippen LogP contribution >= 0.6 is 0 Å². The second-order valence-corrected chi connectivity index (χ2v) is 3.03. The van der Waals surface area contributed by atoms with Crippen LogP contribution in [0.2, 0.25) is 0 Å². The van der Waals surface area contributed by atoms with Crippen molar-refractivity contribution in [3.63, 3.8) is 0 Å². The third-order valence-corrected chi connectivity index (χ3v) is 1.99. The van der Waals surface area contributed by atoms with Crippen molar-refractivity contribution >= 4 is 6.03 Å². The van der Waals surface area contributed by atoms with E-state index in [0.29, 0.717) is 13.1 Å². The van der Waals surface area contributed by atoms with Crippen molar-refractivity contribution in [2.75, 3.05) is 13.6 Å². The van der Waals surface area contributed by atoms with Gasteiger partial charge in [0.2, 0.25) is 0 Å². The van der Waals surface area contributed by atoms with E-state index in [0.717, 1.165) is 5.56 Å². The molecule has 0 aliphatic rings. The number of amides is 2. The van der Waals surface area contributed by atoms with E-state index < -0.39 is 0 Å². The van der Waals surface area contributed by atoms with Crippen LogP contribution in [-0.2, 0) is 6.54 Å². The molecule has 4 heteroatoms. The summed E-state index contributed by atoms with van der Waals surface area (Å²) < 4.78 is 0. The van der Waals surface area contributed by atoms with Gasteiger partial charge in [0.05, 0.1) is 0 Å². The maximum atomic E-state index is 11.3. The maximum Gasteiger partial charge on any atom is 0.317 e. The molecule has 1 N–H and O–H groups in total. The van der Waals surface area contributed by atoms with Crippen molar-refractivity contribution in [3.05, 3.63) is 30.1 Å². The van der Waals surface area contributed by atoms with Gasteiger partial charge in [0, 0.05) is 32.5 Å². The average Bonchev–Trinajstić information content (AvgIpc) is 2.26. The van der Waals surface area contributed by atoms with Crippen LogP contribution in [0.5, 0.6) is 0 Å². The van der Waals surface area contributed by atoms with Gasteiger partial charge in [-0.3, -0.25) is 4.98 Å². The quantitative estimate of drug-likeness (QED) is 0.785. The molecule has 0 radical (unpaired) electrons. The Balaban J connectivity index is 2.38. The average molecular weight is 193 g/mol. The monoisotopic (exact) mass is 193 g/mol. The molecule has 0 spiro atoms. The van der Waals surface area contributed by atoms with Crippen molar-refractivity contribution in [3.8, 4) is 0 Å². The Hall–Kier alpha value is -1.58. The number of hydrogen-bond donors (Lipinski definition) is 1. The van der Waals surface area contributed by atoms with E-state index in [4.69, 9.17) is 0 Å². The van der Waals surface area contributed by atoms with Crippen molar-refractivity contribution in [1.82, 2.24) is 15.2 Å². The summed E-state index contributed by atoms with van der Waals surface area (Å²) in [6.07, 6.45) is 3.45. The first-order valence-corrected chi connectivity index (χ1v) is 4.62. The third-order valence-electron chi connectivity index (χ3n) is 1.99. The van der Waals surface area contributed by atoms with Crippen molar-refractivity contribution in [2.24, 2.45) is 0 Å². The van der Waals surface area contributed by atoms with Gasteiger partial charge in [0.15, 0.2) is 0 Å². The summed E-state index contributed by atoms with van der Waals surface area (Å²) in [5.74, 6) is 0. The summed E-state index contributed by atoms with van der Waals surface area (Å²) in [5.41, 5.74) is 1.00. The fraction of sp³-hybridized carbons (Fsp3) is 0.400. The summed E-state index contributed by atoms with van der Waals surface area (Å²) in [6.45, 7) is 3.17. The molecular weight excluding hydrogens is 178 g/mol. The van der Waals surface area contributed by atoms with Crippen LogP contribution in [0.1, 0.15) is 12.5 Å². The molecule has 0 saturated carbocycles. The van der Waals surface area contributed by atoms with Gasteiger partial charge in [-0.05, 0) is 18.6 Å². The summed E-state index contributed by atoms with van der Waals surface area (Å²) in [4.78, 5) is 16.9. The number of hydrogen-bond acceptors (Lipinski definition) is 2. The molecule has 0 aromatic carbocycles. The smallest absolute Gasteiger partial charge is 0.317 e. The molecule has 1 rings (SSSR count). The van der Waals surface area contributed by atoms with Gasteiger partial charge in [0.1, 0.15) is 0 Å². The van der Waals surface area contributed by atoms with Gasteiger partial charge in [0.25, 0.3) is 0 Å². The van der Waals surface area contributed by atoms with Crippen molar-refractivity contribution in [2.45, 2.75) is 13.5 Å². The molecule has 0 unspecified atom stereocenters. The summed E-state index contributed by atoms with van der Waals surface area (Å²) in [7, 11) is 1.76. The number of carbonyl (C=O) groups is 1. The zero-order valence-corrected chi connectivity index (χ0v) is 8.53. The number of nitrogens with zero attached hydrogens (tertiary/aromatic N) is 2. The van der Waals surface area contributed by atoms with Crippen molar-refractivity contribution < 1.29 is 4.79 Å². The number of rotatable bonds is 3. The third kappa shape index (κ3) is 3.05. The lowest BCUT2D eigenvalue weighted by molar-refractivity contribution is 0.210. The highest BCUT2D eigenvalue weighted by Gasteiger charge is 2.04. The molecule has 0 atom stereocenters. The second kappa shape index (κ2) is 5.21. The highest BCUT2D eigenvalue weighted by atomic mass is 16.2. The summed E-state index contributed by atoms with van der Waals surface area (Å²) in [6, 6.07) is 3.72. The first kappa shape index (κ1) is 10.5. The summed E-state index contributed by atoms with van der Waals surface area (Å²) >= 11 is 0. The van der Waals surface area contributed by atoms with Crippen molar-refractivity contribution in [1.29, 1.82) is 0 Å². The van der Waals surface area contributed by atoms with E-state index in [9.17, 15) is 4.79 Å². The lowest BCUT2D eigenvalue weighted by Gasteiger charge is -2.15. The SMILES string of the molecule is CCN(C)C(=O)NCc1cccnc1. The van der Waals surface area contributed by atoms with Gasteiger partial charge in [-0.15, -0.1) is 0 Å². The molecule has 0 fully saturated rings. The van der Waals surface area contributed by atoms with Gasteiger partial charge < -0.3 is 10.2 Å². The minimum absolute atomic E-state index is 0.0589. The molecule has 76 valence electrons. The van der Waals surface area contributed by atoms with E-state index in [1.165, 1.54) is 0 Å². The molecule has 0 bridgehead atoms. The highest BCUT2D eigenvalue weighted by Crippen LogP contribution is 1.94. The first-order valence-electron chi connectivity index (χ1n) is 4.62. The number of pyridine rings is 1. The highest BCUT2D eigenvalue weighted by molar-refractivity contribution is 5.73. The molecule has 1 aromatic rings. The molecule has 14 heavy (non-hydrogen) atoms. The second-order valence-electron chi connectivity index (χ2n) is 3.03. The largest absolute Gasteiger partial charge is 0.334 e. The first-order chi connectivity index (χ1) is 6.74. The van der Waals surface area contributed by atoms with Crippen LogP contribution in [0.4, 0.5) is 4.79 Å². The fourth-order valence-corrected chi connectivity index (χ4v) is 0.959. The van der Waals surface area contributed by atoms with Gasteiger partial charge in [-0.2, -0.15) is 0 Å². The lowest BCUT2D eigenvalue weighted by atomic mass is 10.3. The van der Waals surface area contributed by atoms with E-state index >= 15 is 0 Å². The predicted molar refractivity (Wildman–Crippen MR) is 54.8 cm³/mol. The lowest BCUT2D eigenvalue weighted by Crippen LogP contribution is -2.36. The van der Waals surface area contributed by atoms with E-state index in [-0.39, 0.29) is 6.03 Å². The molecule has 1 heterocycles. The maximum absolute atomic E-state index is 11.3. The zero-order chi connectivity index (χ0) is 10.4. The van der Waals surface area contributed by atoms with Crippen LogP contribution in [-0.4, -0.2) is 29.5 Å². The van der Waals surface area contributed by atoms with Crippen LogP contribution < -0.4 is 5.32 Å². The number of carbonyl (C=O) groups excluding carboxylic acids is 1. The molecular formula is C10H15N3O.